The topological polar surface area (TPSA) is 0 Å². The SMILES string of the molecule is c1ccc2c(c1)-c1ccccc1C21c2cc3ccccc3cc2-c2ccc3cc(-c4cc5ccccc5c5ccccc45)ccc3c21. The highest BCUT2D eigenvalue weighted by atomic mass is 14.5. The van der Waals surface area contributed by atoms with Gasteiger partial charge in [-0.3, -0.25) is 0 Å². The van der Waals surface area contributed by atoms with E-state index in [1.807, 2.05) is 0 Å². The molecule has 0 atom stereocenters. The van der Waals surface area contributed by atoms with E-state index < -0.39 is 5.41 Å². The van der Waals surface area contributed by atoms with Gasteiger partial charge in [-0.15, -0.1) is 0 Å². The molecule has 0 amide bonds. The summed E-state index contributed by atoms with van der Waals surface area (Å²) in [5.41, 5.74) is 13.1. The van der Waals surface area contributed by atoms with Crippen molar-refractivity contribution >= 4 is 43.1 Å². The van der Waals surface area contributed by atoms with Crippen LogP contribution in [0.3, 0.4) is 0 Å². The maximum atomic E-state index is 2.48. The zero-order chi connectivity index (χ0) is 30.7. The van der Waals surface area contributed by atoms with E-state index in [1.165, 1.54) is 98.7 Å². The Hall–Kier alpha value is -5.98. The first kappa shape index (κ1) is 25.2. The van der Waals surface area contributed by atoms with Crippen LogP contribution in [0.4, 0.5) is 0 Å². The van der Waals surface area contributed by atoms with E-state index in [0.717, 1.165) is 0 Å². The molecule has 2 aliphatic carbocycles. The summed E-state index contributed by atoms with van der Waals surface area (Å²) in [7, 11) is 0. The van der Waals surface area contributed by atoms with Gasteiger partial charge in [0.15, 0.2) is 0 Å². The maximum Gasteiger partial charge on any atom is 0.0731 e. The van der Waals surface area contributed by atoms with E-state index in [0.29, 0.717) is 0 Å². The lowest BCUT2D eigenvalue weighted by Crippen LogP contribution is -2.26. The first-order chi connectivity index (χ1) is 23.3. The fourth-order valence-electron chi connectivity index (χ4n) is 9.12. The van der Waals surface area contributed by atoms with E-state index in [-0.39, 0.29) is 0 Å². The Morgan fingerprint density at radius 3 is 1.62 bits per heavy atom. The first-order valence-electron chi connectivity index (χ1n) is 16.5. The molecule has 0 aromatic heterocycles. The summed E-state index contributed by atoms with van der Waals surface area (Å²) in [6.45, 7) is 0. The van der Waals surface area contributed by atoms with E-state index in [2.05, 4.69) is 170 Å². The van der Waals surface area contributed by atoms with Crippen LogP contribution < -0.4 is 0 Å². The van der Waals surface area contributed by atoms with Crippen LogP contribution in [0, 0.1) is 0 Å². The average Bonchev–Trinajstić information content (AvgIpc) is 3.60. The minimum absolute atomic E-state index is 0.390. The van der Waals surface area contributed by atoms with Gasteiger partial charge < -0.3 is 0 Å². The summed E-state index contributed by atoms with van der Waals surface area (Å²) < 4.78 is 0. The van der Waals surface area contributed by atoms with Crippen molar-refractivity contribution in [3.8, 4) is 33.4 Å². The summed E-state index contributed by atoms with van der Waals surface area (Å²) in [5, 5.41) is 10.3. The predicted molar refractivity (Wildman–Crippen MR) is 198 cm³/mol. The number of benzene rings is 9. The van der Waals surface area contributed by atoms with Crippen LogP contribution in [0.15, 0.2) is 170 Å². The largest absolute Gasteiger partial charge is 0.0731 e. The lowest BCUT2D eigenvalue weighted by atomic mass is 9.69. The molecule has 2 aliphatic rings. The Morgan fingerprint density at radius 2 is 0.851 bits per heavy atom. The first-order valence-corrected chi connectivity index (χ1v) is 16.5. The van der Waals surface area contributed by atoms with E-state index in [1.54, 1.807) is 0 Å². The lowest BCUT2D eigenvalue weighted by Gasteiger charge is -2.31. The third-order valence-corrected chi connectivity index (χ3v) is 11.0. The van der Waals surface area contributed by atoms with Crippen LogP contribution in [0.5, 0.6) is 0 Å². The Kier molecular flexibility index (Phi) is 4.86. The molecule has 1 spiro atoms. The van der Waals surface area contributed by atoms with Crippen LogP contribution in [-0.2, 0) is 5.41 Å². The second-order valence-corrected chi connectivity index (χ2v) is 13.2. The highest BCUT2D eigenvalue weighted by Gasteiger charge is 2.52. The molecule has 0 bridgehead atoms. The van der Waals surface area contributed by atoms with Crippen molar-refractivity contribution in [2.75, 3.05) is 0 Å². The van der Waals surface area contributed by atoms with Gasteiger partial charge >= 0.3 is 0 Å². The zero-order valence-corrected chi connectivity index (χ0v) is 25.7. The van der Waals surface area contributed by atoms with Crippen molar-refractivity contribution in [3.05, 3.63) is 192 Å². The van der Waals surface area contributed by atoms with Crippen LogP contribution >= 0.6 is 0 Å². The standard InChI is InChI=1S/C47H28/c1-2-12-30-28-45-42(26-29(30)11-1)40-24-22-32-25-33(41-27-31-13-3-4-14-34(31)36-15-5-6-16-37(36)41)21-23-35(32)46(40)47(45)43-19-9-7-17-38(43)39-18-8-10-20-44(39)47/h1-28H. The minimum atomic E-state index is -0.390. The van der Waals surface area contributed by atoms with Gasteiger partial charge in [0.2, 0.25) is 0 Å². The number of fused-ring (bicyclic) bond motifs is 16. The lowest BCUT2D eigenvalue weighted by molar-refractivity contribution is 0.802. The molecular formula is C47H28. The van der Waals surface area contributed by atoms with Crippen molar-refractivity contribution in [3.63, 3.8) is 0 Å². The Bertz CT molecular complexity index is 2750. The molecule has 0 N–H and O–H groups in total. The van der Waals surface area contributed by atoms with Crippen molar-refractivity contribution < 1.29 is 0 Å². The van der Waals surface area contributed by atoms with Crippen LogP contribution in [0.25, 0.3) is 76.5 Å². The number of hydrogen-bond donors (Lipinski definition) is 0. The van der Waals surface area contributed by atoms with Gasteiger partial charge in [-0.1, -0.05) is 146 Å². The van der Waals surface area contributed by atoms with Crippen molar-refractivity contribution in [1.82, 2.24) is 0 Å². The molecule has 0 fully saturated rings. The highest BCUT2D eigenvalue weighted by molar-refractivity contribution is 6.14. The van der Waals surface area contributed by atoms with Crippen molar-refractivity contribution in [2.24, 2.45) is 0 Å². The van der Waals surface area contributed by atoms with Crippen LogP contribution in [-0.4, -0.2) is 0 Å². The summed E-state index contributed by atoms with van der Waals surface area (Å²) in [4.78, 5) is 0. The Morgan fingerprint density at radius 1 is 0.277 bits per heavy atom. The quantitative estimate of drug-likeness (QED) is 0.166. The molecule has 0 saturated carbocycles. The smallest absolute Gasteiger partial charge is 0.0619 e. The molecule has 47 heavy (non-hydrogen) atoms. The minimum Gasteiger partial charge on any atom is -0.0619 e. The second kappa shape index (κ2) is 9.06. The molecule has 11 rings (SSSR count). The molecule has 0 heterocycles. The number of rotatable bonds is 1. The number of hydrogen-bond acceptors (Lipinski definition) is 0. The van der Waals surface area contributed by atoms with Gasteiger partial charge in [-0.05, 0) is 123 Å². The van der Waals surface area contributed by atoms with E-state index in [4.69, 9.17) is 0 Å². The highest BCUT2D eigenvalue weighted by Crippen LogP contribution is 2.64. The van der Waals surface area contributed by atoms with E-state index in [9.17, 15) is 0 Å². The monoisotopic (exact) mass is 592 g/mol. The predicted octanol–water partition coefficient (Wildman–Crippen LogP) is 12.3. The second-order valence-electron chi connectivity index (χ2n) is 13.2. The van der Waals surface area contributed by atoms with Gasteiger partial charge in [-0.2, -0.15) is 0 Å². The molecule has 0 nitrogen and oxygen atoms in total. The van der Waals surface area contributed by atoms with Gasteiger partial charge in [-0.25, -0.2) is 0 Å². The summed E-state index contributed by atoms with van der Waals surface area (Å²) in [5.74, 6) is 0. The third-order valence-electron chi connectivity index (χ3n) is 11.0. The van der Waals surface area contributed by atoms with Gasteiger partial charge in [0.25, 0.3) is 0 Å². The zero-order valence-electron chi connectivity index (χ0n) is 25.7. The normalized spacial score (nSPS) is 13.7. The molecule has 0 heteroatoms. The van der Waals surface area contributed by atoms with Gasteiger partial charge in [0, 0.05) is 0 Å². The molecule has 9 aromatic carbocycles. The molecule has 0 radical (unpaired) electrons. The van der Waals surface area contributed by atoms with Crippen molar-refractivity contribution in [2.45, 2.75) is 5.41 Å². The summed E-state index contributed by atoms with van der Waals surface area (Å²) >= 11 is 0. The Balaban J connectivity index is 1.25. The molecule has 0 aliphatic heterocycles. The van der Waals surface area contributed by atoms with E-state index >= 15 is 0 Å². The van der Waals surface area contributed by atoms with Gasteiger partial charge in [0.1, 0.15) is 0 Å². The molecule has 0 saturated heterocycles. The maximum absolute atomic E-state index is 2.48. The summed E-state index contributed by atoms with van der Waals surface area (Å²) in [6, 6.07) is 63.8. The molecule has 0 unspecified atom stereocenters. The molecule has 216 valence electrons. The Labute approximate surface area is 273 Å². The van der Waals surface area contributed by atoms with Crippen molar-refractivity contribution in [1.29, 1.82) is 0 Å². The van der Waals surface area contributed by atoms with Gasteiger partial charge in [0.05, 0.1) is 5.41 Å². The third kappa shape index (κ3) is 3.17. The molecule has 9 aromatic rings. The van der Waals surface area contributed by atoms with Crippen LogP contribution in [0.2, 0.25) is 0 Å². The van der Waals surface area contributed by atoms with Crippen LogP contribution in [0.1, 0.15) is 22.3 Å². The fourth-order valence-corrected chi connectivity index (χ4v) is 9.12. The average molecular weight is 593 g/mol. The summed E-state index contributed by atoms with van der Waals surface area (Å²) in [6.07, 6.45) is 0. The molecular weight excluding hydrogens is 565 g/mol. The fraction of sp³-hybridized carbons (Fsp3) is 0.0213.